The Hall–Kier alpha value is -1.47. The molecule has 3 nitrogen and oxygen atoms in total. The molecule has 72 valence electrons. The first-order chi connectivity index (χ1) is 6.70. The molecule has 0 aliphatic heterocycles. The highest BCUT2D eigenvalue weighted by Gasteiger charge is 1.93. The first-order valence-corrected chi connectivity index (χ1v) is 5.01. The Kier molecular flexibility index (Phi) is 4.02. The molecule has 0 saturated heterocycles. The first kappa shape index (κ1) is 10.6. The summed E-state index contributed by atoms with van der Waals surface area (Å²) in [6, 6.07) is 3.50. The van der Waals surface area contributed by atoms with Crippen LogP contribution in [0.25, 0.3) is 0 Å². The average Bonchev–Trinajstić information content (AvgIpc) is 2.15. The lowest BCUT2D eigenvalue weighted by Gasteiger charge is -1.93. The van der Waals surface area contributed by atoms with Crippen LogP contribution in [0.1, 0.15) is 12.6 Å². The van der Waals surface area contributed by atoms with Crippen molar-refractivity contribution in [1.29, 1.82) is 0 Å². The Morgan fingerprint density at radius 3 is 3.14 bits per heavy atom. The van der Waals surface area contributed by atoms with Gasteiger partial charge in [-0.05, 0) is 18.1 Å². The zero-order chi connectivity index (χ0) is 10.4. The third-order valence-electron chi connectivity index (χ3n) is 1.39. The van der Waals surface area contributed by atoms with Gasteiger partial charge >= 0.3 is 0 Å². The third kappa shape index (κ3) is 3.50. The van der Waals surface area contributed by atoms with Gasteiger partial charge in [-0.25, -0.2) is 4.98 Å². The smallest absolute Gasteiger partial charge is 0.186 e. The van der Waals surface area contributed by atoms with Crippen molar-refractivity contribution >= 4 is 22.6 Å². The van der Waals surface area contributed by atoms with Gasteiger partial charge in [-0.2, -0.15) is 0 Å². The largest absolute Gasteiger partial charge is 0.396 e. The van der Waals surface area contributed by atoms with E-state index >= 15 is 0 Å². The van der Waals surface area contributed by atoms with Crippen molar-refractivity contribution in [2.24, 2.45) is 0 Å². The van der Waals surface area contributed by atoms with E-state index in [-0.39, 0.29) is 5.12 Å². The van der Waals surface area contributed by atoms with E-state index in [9.17, 15) is 4.79 Å². The summed E-state index contributed by atoms with van der Waals surface area (Å²) in [5, 5.41) is 0.0632. The van der Waals surface area contributed by atoms with Crippen molar-refractivity contribution in [3.63, 3.8) is 0 Å². The first-order valence-electron chi connectivity index (χ1n) is 4.03. The number of anilines is 1. The quantitative estimate of drug-likeness (QED) is 0.703. The van der Waals surface area contributed by atoms with Crippen LogP contribution in [0.2, 0.25) is 0 Å². The van der Waals surface area contributed by atoms with Gasteiger partial charge < -0.3 is 5.73 Å². The van der Waals surface area contributed by atoms with Crippen molar-refractivity contribution in [1.82, 2.24) is 4.98 Å². The van der Waals surface area contributed by atoms with Crippen molar-refractivity contribution in [3.8, 4) is 11.8 Å². The molecule has 1 aromatic heterocycles. The Morgan fingerprint density at radius 1 is 1.71 bits per heavy atom. The number of carbonyl (C=O) groups is 1. The number of carbonyl (C=O) groups excluding carboxylic acids is 1. The summed E-state index contributed by atoms with van der Waals surface area (Å²) in [4.78, 5) is 14.6. The lowest BCUT2D eigenvalue weighted by molar-refractivity contribution is -0.109. The molecule has 1 rings (SSSR count). The zero-order valence-electron chi connectivity index (χ0n) is 7.78. The molecule has 0 atom stereocenters. The van der Waals surface area contributed by atoms with Crippen molar-refractivity contribution in [2.45, 2.75) is 6.92 Å². The molecular formula is C10H10N2OS. The molecule has 0 aliphatic rings. The van der Waals surface area contributed by atoms with E-state index in [1.165, 1.54) is 18.7 Å². The fraction of sp³-hybridized carbons (Fsp3) is 0.200. The molecule has 0 spiro atoms. The number of hydrogen-bond donors (Lipinski definition) is 1. The SMILES string of the molecule is CC(=O)SCC#Cc1ncccc1N. The summed E-state index contributed by atoms with van der Waals surface area (Å²) in [5.41, 5.74) is 6.75. The van der Waals surface area contributed by atoms with E-state index in [4.69, 9.17) is 5.73 Å². The average molecular weight is 206 g/mol. The summed E-state index contributed by atoms with van der Waals surface area (Å²) < 4.78 is 0. The van der Waals surface area contributed by atoms with Gasteiger partial charge in [-0.1, -0.05) is 17.7 Å². The molecule has 0 bridgehead atoms. The number of nitrogens with two attached hydrogens (primary N) is 1. The summed E-state index contributed by atoms with van der Waals surface area (Å²) in [7, 11) is 0. The molecular weight excluding hydrogens is 196 g/mol. The highest BCUT2D eigenvalue weighted by Crippen LogP contribution is 2.05. The zero-order valence-corrected chi connectivity index (χ0v) is 8.60. The van der Waals surface area contributed by atoms with E-state index in [1.54, 1.807) is 18.3 Å². The van der Waals surface area contributed by atoms with Crippen LogP contribution in [0.4, 0.5) is 5.69 Å². The van der Waals surface area contributed by atoms with Crippen molar-refractivity contribution < 1.29 is 4.79 Å². The van der Waals surface area contributed by atoms with Gasteiger partial charge in [0.1, 0.15) is 5.69 Å². The highest BCUT2D eigenvalue weighted by molar-refractivity contribution is 8.13. The van der Waals surface area contributed by atoms with Crippen LogP contribution in [0.3, 0.4) is 0 Å². The number of rotatable bonds is 1. The Balaban J connectivity index is 2.59. The van der Waals surface area contributed by atoms with Gasteiger partial charge in [0.2, 0.25) is 0 Å². The Labute approximate surface area is 87.1 Å². The van der Waals surface area contributed by atoms with E-state index < -0.39 is 0 Å². The monoisotopic (exact) mass is 206 g/mol. The Morgan fingerprint density at radius 2 is 2.50 bits per heavy atom. The molecule has 0 saturated carbocycles. The number of pyridine rings is 1. The van der Waals surface area contributed by atoms with Crippen LogP contribution in [-0.4, -0.2) is 15.9 Å². The van der Waals surface area contributed by atoms with Gasteiger partial charge in [-0.15, -0.1) is 0 Å². The number of nitrogen functional groups attached to an aromatic ring is 1. The van der Waals surface area contributed by atoms with Crippen molar-refractivity contribution in [2.75, 3.05) is 11.5 Å². The highest BCUT2D eigenvalue weighted by atomic mass is 32.2. The molecule has 4 heteroatoms. The minimum atomic E-state index is 0.0632. The number of hydrogen-bond acceptors (Lipinski definition) is 4. The molecule has 2 N–H and O–H groups in total. The topological polar surface area (TPSA) is 56.0 Å². The molecule has 1 heterocycles. The Bertz CT molecular complexity index is 393. The van der Waals surface area contributed by atoms with E-state index in [0.29, 0.717) is 17.1 Å². The maximum atomic E-state index is 10.6. The van der Waals surface area contributed by atoms with Gasteiger partial charge in [-0.3, -0.25) is 4.79 Å². The molecule has 0 unspecified atom stereocenters. The molecule has 0 amide bonds. The normalized spacial score (nSPS) is 8.93. The van der Waals surface area contributed by atoms with Crippen LogP contribution in [0, 0.1) is 11.8 Å². The van der Waals surface area contributed by atoms with Gasteiger partial charge in [0, 0.05) is 13.1 Å². The summed E-state index contributed by atoms with van der Waals surface area (Å²) in [5.74, 6) is 6.11. The number of nitrogens with zero attached hydrogens (tertiary/aromatic N) is 1. The van der Waals surface area contributed by atoms with Crippen LogP contribution >= 0.6 is 11.8 Å². The molecule has 14 heavy (non-hydrogen) atoms. The second kappa shape index (κ2) is 5.30. The third-order valence-corrected chi connectivity index (χ3v) is 2.09. The molecule has 0 fully saturated rings. The number of thioether (sulfide) groups is 1. The van der Waals surface area contributed by atoms with E-state index in [1.807, 2.05) is 0 Å². The maximum absolute atomic E-state index is 10.6. The summed E-state index contributed by atoms with van der Waals surface area (Å²) in [6.07, 6.45) is 1.64. The second-order valence-electron chi connectivity index (χ2n) is 2.52. The fourth-order valence-corrected chi connectivity index (χ4v) is 1.13. The van der Waals surface area contributed by atoms with E-state index in [0.717, 1.165) is 0 Å². The molecule has 0 aliphatic carbocycles. The number of aromatic nitrogens is 1. The van der Waals surface area contributed by atoms with E-state index in [2.05, 4.69) is 16.8 Å². The minimum Gasteiger partial charge on any atom is -0.396 e. The molecule has 1 aromatic rings. The van der Waals surface area contributed by atoms with Crippen LogP contribution in [-0.2, 0) is 4.79 Å². The van der Waals surface area contributed by atoms with Crippen LogP contribution in [0.15, 0.2) is 18.3 Å². The minimum absolute atomic E-state index is 0.0632. The maximum Gasteiger partial charge on any atom is 0.186 e. The summed E-state index contributed by atoms with van der Waals surface area (Å²) >= 11 is 1.18. The second-order valence-corrected chi connectivity index (χ2v) is 3.68. The van der Waals surface area contributed by atoms with Gasteiger partial charge in [0.05, 0.1) is 11.4 Å². The fourth-order valence-electron chi connectivity index (χ4n) is 0.780. The molecule has 0 aromatic carbocycles. The van der Waals surface area contributed by atoms with Gasteiger partial charge in [0.15, 0.2) is 5.12 Å². The summed E-state index contributed by atoms with van der Waals surface area (Å²) in [6.45, 7) is 1.52. The standard InChI is InChI=1S/C10H10N2OS/c1-8(13)14-7-3-5-10-9(11)4-2-6-12-10/h2,4,6H,7,11H2,1H3. The van der Waals surface area contributed by atoms with Crippen LogP contribution < -0.4 is 5.73 Å². The van der Waals surface area contributed by atoms with Crippen molar-refractivity contribution in [3.05, 3.63) is 24.0 Å². The molecule has 0 radical (unpaired) electrons. The predicted octanol–water partition coefficient (Wildman–Crippen LogP) is 1.29. The lowest BCUT2D eigenvalue weighted by atomic mass is 10.3. The van der Waals surface area contributed by atoms with Gasteiger partial charge in [0.25, 0.3) is 0 Å². The van der Waals surface area contributed by atoms with Crippen LogP contribution in [0.5, 0.6) is 0 Å². The lowest BCUT2D eigenvalue weighted by Crippen LogP contribution is -1.92. The predicted molar refractivity (Wildman–Crippen MR) is 58.7 cm³/mol.